The van der Waals surface area contributed by atoms with Gasteiger partial charge in [0, 0.05) is 92.7 Å². The molecular formula is C25H30Cl2N4O. The second-order valence-corrected chi connectivity index (χ2v) is 10.0. The molecule has 0 radical (unpaired) electrons. The molecule has 2 aromatic carbocycles. The molecule has 3 heterocycles. The van der Waals surface area contributed by atoms with Gasteiger partial charge in [-0.3, -0.25) is 9.69 Å². The van der Waals surface area contributed by atoms with Crippen LogP contribution in [0.25, 0.3) is 0 Å². The number of piperidine rings is 1. The molecule has 170 valence electrons. The predicted octanol–water partition coefficient (Wildman–Crippen LogP) is 4.47. The second-order valence-electron chi connectivity index (χ2n) is 9.16. The number of hydrogen-bond donors (Lipinski definition) is 0. The minimum Gasteiger partial charge on any atom is -0.340 e. The fraction of sp³-hybridized carbons (Fsp3) is 0.480. The van der Waals surface area contributed by atoms with E-state index < -0.39 is 0 Å². The van der Waals surface area contributed by atoms with Crippen LogP contribution < -0.4 is 4.90 Å². The monoisotopic (exact) mass is 472 g/mol. The van der Waals surface area contributed by atoms with E-state index in [0.29, 0.717) is 12.0 Å². The molecule has 2 unspecified atom stereocenters. The Morgan fingerprint density at radius 3 is 2.31 bits per heavy atom. The van der Waals surface area contributed by atoms with Crippen LogP contribution in [0.15, 0.2) is 42.5 Å². The van der Waals surface area contributed by atoms with E-state index in [-0.39, 0.29) is 5.91 Å². The van der Waals surface area contributed by atoms with E-state index in [1.165, 1.54) is 16.9 Å². The van der Waals surface area contributed by atoms with Crippen molar-refractivity contribution in [3.8, 4) is 0 Å². The lowest BCUT2D eigenvalue weighted by Crippen LogP contribution is -2.51. The lowest BCUT2D eigenvalue weighted by Gasteiger charge is -2.40. The third-order valence-electron chi connectivity index (χ3n) is 7.30. The fourth-order valence-corrected chi connectivity index (χ4v) is 5.85. The third kappa shape index (κ3) is 4.36. The molecule has 2 saturated heterocycles. The van der Waals surface area contributed by atoms with Crippen LogP contribution >= 0.6 is 23.2 Å². The average Bonchev–Trinajstić information content (AvgIpc) is 3.11. The molecule has 5 rings (SSSR count). The zero-order valence-corrected chi connectivity index (χ0v) is 20.0. The van der Waals surface area contributed by atoms with Crippen LogP contribution in [0.5, 0.6) is 0 Å². The Morgan fingerprint density at radius 1 is 0.906 bits per heavy atom. The van der Waals surface area contributed by atoms with Crippen molar-refractivity contribution in [2.75, 3.05) is 57.3 Å². The number of amides is 1. The molecular weight excluding hydrogens is 443 g/mol. The maximum Gasteiger partial charge on any atom is 0.219 e. The molecule has 3 aliphatic rings. The molecule has 0 saturated carbocycles. The van der Waals surface area contributed by atoms with Crippen LogP contribution in [0.3, 0.4) is 0 Å². The summed E-state index contributed by atoms with van der Waals surface area (Å²) in [5.74, 6) is 0.637. The third-order valence-corrected chi connectivity index (χ3v) is 7.78. The van der Waals surface area contributed by atoms with Gasteiger partial charge < -0.3 is 14.7 Å². The van der Waals surface area contributed by atoms with Gasteiger partial charge in [-0.2, -0.15) is 0 Å². The molecule has 0 aromatic heterocycles. The SMILES string of the molecule is CC(=O)N1CCN(CCN2CCC3C(C2)c2cc(Cl)ccc2N3c2ccc(Cl)cc2)CC1. The summed E-state index contributed by atoms with van der Waals surface area (Å²) in [6.45, 7) is 9.59. The van der Waals surface area contributed by atoms with Crippen molar-refractivity contribution in [2.45, 2.75) is 25.3 Å². The van der Waals surface area contributed by atoms with Gasteiger partial charge in [-0.1, -0.05) is 23.2 Å². The van der Waals surface area contributed by atoms with Crippen molar-refractivity contribution >= 4 is 40.5 Å². The molecule has 0 bridgehead atoms. The lowest BCUT2D eigenvalue weighted by atomic mass is 9.89. The van der Waals surface area contributed by atoms with E-state index in [0.717, 1.165) is 68.8 Å². The van der Waals surface area contributed by atoms with Gasteiger partial charge in [-0.05, 0) is 54.4 Å². The first-order valence-corrected chi connectivity index (χ1v) is 12.3. The van der Waals surface area contributed by atoms with Crippen LogP contribution in [-0.2, 0) is 4.79 Å². The summed E-state index contributed by atoms with van der Waals surface area (Å²) in [5, 5.41) is 1.57. The van der Waals surface area contributed by atoms with Gasteiger partial charge in [0.25, 0.3) is 0 Å². The van der Waals surface area contributed by atoms with Gasteiger partial charge >= 0.3 is 0 Å². The van der Waals surface area contributed by atoms with E-state index in [9.17, 15) is 4.79 Å². The Hall–Kier alpha value is -1.79. The number of hydrogen-bond acceptors (Lipinski definition) is 4. The molecule has 1 amide bonds. The molecule has 2 fully saturated rings. The number of piperazine rings is 1. The predicted molar refractivity (Wildman–Crippen MR) is 131 cm³/mol. The van der Waals surface area contributed by atoms with Gasteiger partial charge in [-0.15, -0.1) is 0 Å². The average molecular weight is 473 g/mol. The summed E-state index contributed by atoms with van der Waals surface area (Å²) < 4.78 is 0. The van der Waals surface area contributed by atoms with Crippen molar-refractivity contribution in [3.63, 3.8) is 0 Å². The van der Waals surface area contributed by atoms with Crippen LogP contribution in [0, 0.1) is 0 Å². The molecule has 5 nitrogen and oxygen atoms in total. The van der Waals surface area contributed by atoms with Crippen LogP contribution in [0.4, 0.5) is 11.4 Å². The van der Waals surface area contributed by atoms with Crippen LogP contribution in [-0.4, -0.2) is 79.0 Å². The summed E-state index contributed by atoms with van der Waals surface area (Å²) in [7, 11) is 0. The lowest BCUT2D eigenvalue weighted by molar-refractivity contribution is -0.130. The highest BCUT2D eigenvalue weighted by Crippen LogP contribution is 2.49. The molecule has 0 aliphatic carbocycles. The second kappa shape index (κ2) is 9.22. The zero-order valence-electron chi connectivity index (χ0n) is 18.5. The molecule has 7 heteroatoms. The standard InChI is InChI=1S/C25H30Cl2N4O/c1-18(32)30-14-12-28(13-15-30)10-11-29-9-8-25-23(17-29)22-16-20(27)4-7-24(22)31(25)21-5-2-19(26)3-6-21/h2-7,16,23,25H,8-15,17H2,1H3. The number of rotatable bonds is 4. The van der Waals surface area contributed by atoms with E-state index in [1.807, 2.05) is 23.1 Å². The van der Waals surface area contributed by atoms with Crippen molar-refractivity contribution < 1.29 is 4.79 Å². The number of fused-ring (bicyclic) bond motifs is 3. The zero-order chi connectivity index (χ0) is 22.2. The number of anilines is 2. The fourth-order valence-electron chi connectivity index (χ4n) is 5.55. The summed E-state index contributed by atoms with van der Waals surface area (Å²) in [5.41, 5.74) is 3.83. The van der Waals surface area contributed by atoms with Gasteiger partial charge in [0.15, 0.2) is 0 Å². The molecule has 3 aliphatic heterocycles. The Kier molecular flexibility index (Phi) is 6.35. The van der Waals surface area contributed by atoms with Gasteiger partial charge in [0.05, 0.1) is 0 Å². The van der Waals surface area contributed by atoms with E-state index in [4.69, 9.17) is 23.2 Å². The van der Waals surface area contributed by atoms with E-state index in [2.05, 4.69) is 39.0 Å². The summed E-state index contributed by atoms with van der Waals surface area (Å²) in [6, 6.07) is 15.0. The first kappa shape index (κ1) is 22.0. The maximum absolute atomic E-state index is 11.6. The first-order chi connectivity index (χ1) is 15.5. The molecule has 32 heavy (non-hydrogen) atoms. The molecule has 0 N–H and O–H groups in total. The highest BCUT2D eigenvalue weighted by atomic mass is 35.5. The minimum absolute atomic E-state index is 0.190. The quantitative estimate of drug-likeness (QED) is 0.656. The minimum atomic E-state index is 0.190. The number of carbonyl (C=O) groups is 1. The smallest absolute Gasteiger partial charge is 0.219 e. The highest BCUT2D eigenvalue weighted by molar-refractivity contribution is 6.31. The Labute approximate surface area is 200 Å². The number of likely N-dealkylation sites (tertiary alicyclic amines) is 1. The number of halogens is 2. The van der Waals surface area contributed by atoms with Gasteiger partial charge in [0.1, 0.15) is 0 Å². The maximum atomic E-state index is 11.6. The van der Waals surface area contributed by atoms with Gasteiger partial charge in [0.2, 0.25) is 5.91 Å². The Morgan fingerprint density at radius 2 is 1.59 bits per heavy atom. The summed E-state index contributed by atoms with van der Waals surface area (Å²) >= 11 is 12.6. The first-order valence-electron chi connectivity index (χ1n) is 11.5. The van der Waals surface area contributed by atoms with E-state index >= 15 is 0 Å². The van der Waals surface area contributed by atoms with Crippen molar-refractivity contribution in [2.24, 2.45) is 0 Å². The summed E-state index contributed by atoms with van der Waals surface area (Å²) in [4.78, 5) is 21.1. The Bertz CT molecular complexity index is 974. The number of nitrogens with zero attached hydrogens (tertiary/aromatic N) is 4. The van der Waals surface area contributed by atoms with Crippen molar-refractivity contribution in [1.29, 1.82) is 0 Å². The van der Waals surface area contributed by atoms with Gasteiger partial charge in [-0.25, -0.2) is 0 Å². The molecule has 2 aromatic rings. The van der Waals surface area contributed by atoms with E-state index in [1.54, 1.807) is 6.92 Å². The van der Waals surface area contributed by atoms with Crippen LogP contribution in [0.2, 0.25) is 10.0 Å². The van der Waals surface area contributed by atoms with Crippen molar-refractivity contribution in [1.82, 2.24) is 14.7 Å². The van der Waals surface area contributed by atoms with Crippen LogP contribution in [0.1, 0.15) is 24.8 Å². The number of carbonyl (C=O) groups excluding carboxylic acids is 1. The highest BCUT2D eigenvalue weighted by Gasteiger charge is 2.42. The molecule has 0 spiro atoms. The topological polar surface area (TPSA) is 30.0 Å². The number of benzene rings is 2. The van der Waals surface area contributed by atoms with Crippen molar-refractivity contribution in [3.05, 3.63) is 58.1 Å². The summed E-state index contributed by atoms with van der Waals surface area (Å²) in [6.07, 6.45) is 1.12. The largest absolute Gasteiger partial charge is 0.340 e. The Balaban J connectivity index is 1.28. The normalized spacial score (nSPS) is 23.8. The molecule has 2 atom stereocenters.